The SMILES string of the molecule is CCCNC(=O)[C@H](Cc1ccccc1)N(Cc1ccccc1F)C(=O)COc1cc(C)cc(C)c1. The molecule has 0 spiro atoms. The molecule has 0 unspecified atom stereocenters. The van der Waals surface area contributed by atoms with Gasteiger partial charge in [0.05, 0.1) is 0 Å². The van der Waals surface area contributed by atoms with Crippen LogP contribution in [0.4, 0.5) is 4.39 Å². The maximum absolute atomic E-state index is 14.6. The highest BCUT2D eigenvalue weighted by atomic mass is 19.1. The number of hydrogen-bond acceptors (Lipinski definition) is 3. The minimum Gasteiger partial charge on any atom is -0.484 e. The molecule has 0 fully saturated rings. The standard InChI is InChI=1S/C29H33FN2O3/c1-4-14-31-29(34)27(18-23-10-6-5-7-11-23)32(19-24-12-8-9-13-26(24)30)28(33)20-35-25-16-21(2)15-22(3)17-25/h5-13,15-17,27H,4,14,18-20H2,1-3H3,(H,31,34)/t27-/m0/s1. The molecular weight excluding hydrogens is 443 g/mol. The maximum Gasteiger partial charge on any atom is 0.261 e. The lowest BCUT2D eigenvalue weighted by molar-refractivity contribution is -0.142. The molecule has 0 aliphatic heterocycles. The van der Waals surface area contributed by atoms with Gasteiger partial charge in [-0.05, 0) is 55.2 Å². The lowest BCUT2D eigenvalue weighted by atomic mass is 10.0. The average Bonchev–Trinajstić information content (AvgIpc) is 2.84. The van der Waals surface area contributed by atoms with Crippen LogP contribution >= 0.6 is 0 Å². The van der Waals surface area contributed by atoms with Gasteiger partial charge in [-0.25, -0.2) is 4.39 Å². The Bertz CT molecular complexity index is 1110. The van der Waals surface area contributed by atoms with Crippen molar-refractivity contribution >= 4 is 11.8 Å². The Morgan fingerprint density at radius 1 is 0.971 bits per heavy atom. The number of halogens is 1. The van der Waals surface area contributed by atoms with Crippen molar-refractivity contribution in [3.05, 3.63) is 101 Å². The summed E-state index contributed by atoms with van der Waals surface area (Å²) in [5, 5.41) is 2.91. The number of carbonyl (C=O) groups excluding carboxylic acids is 2. The second-order valence-electron chi connectivity index (χ2n) is 8.72. The van der Waals surface area contributed by atoms with Gasteiger partial charge in [-0.15, -0.1) is 0 Å². The number of nitrogens with zero attached hydrogens (tertiary/aromatic N) is 1. The largest absolute Gasteiger partial charge is 0.484 e. The smallest absolute Gasteiger partial charge is 0.261 e. The van der Waals surface area contributed by atoms with Crippen LogP contribution in [-0.4, -0.2) is 35.9 Å². The fourth-order valence-electron chi connectivity index (χ4n) is 3.97. The number of ether oxygens (including phenoxy) is 1. The quantitative estimate of drug-likeness (QED) is 0.424. The van der Waals surface area contributed by atoms with Crippen molar-refractivity contribution < 1.29 is 18.7 Å². The Morgan fingerprint density at radius 3 is 2.29 bits per heavy atom. The third-order valence-corrected chi connectivity index (χ3v) is 5.68. The van der Waals surface area contributed by atoms with Crippen LogP contribution in [0.3, 0.4) is 0 Å². The van der Waals surface area contributed by atoms with Gasteiger partial charge in [0.1, 0.15) is 17.6 Å². The van der Waals surface area contributed by atoms with E-state index >= 15 is 0 Å². The van der Waals surface area contributed by atoms with E-state index in [1.807, 2.05) is 69.3 Å². The fourth-order valence-corrected chi connectivity index (χ4v) is 3.97. The van der Waals surface area contributed by atoms with Crippen molar-refractivity contribution in [2.75, 3.05) is 13.2 Å². The van der Waals surface area contributed by atoms with Gasteiger partial charge in [-0.3, -0.25) is 9.59 Å². The van der Waals surface area contributed by atoms with E-state index < -0.39 is 11.9 Å². The Balaban J connectivity index is 1.91. The first-order valence-electron chi connectivity index (χ1n) is 11.9. The van der Waals surface area contributed by atoms with E-state index in [1.54, 1.807) is 18.2 Å². The van der Waals surface area contributed by atoms with Crippen molar-refractivity contribution in [2.24, 2.45) is 0 Å². The normalized spacial score (nSPS) is 11.5. The molecule has 0 aliphatic carbocycles. The molecule has 1 N–H and O–H groups in total. The number of hydrogen-bond donors (Lipinski definition) is 1. The summed E-state index contributed by atoms with van der Waals surface area (Å²) in [5.74, 6) is -0.503. The predicted octanol–water partition coefficient (Wildman–Crippen LogP) is 4.99. The molecule has 0 aromatic heterocycles. The first-order valence-corrected chi connectivity index (χ1v) is 11.9. The third-order valence-electron chi connectivity index (χ3n) is 5.68. The summed E-state index contributed by atoms with van der Waals surface area (Å²) in [4.78, 5) is 28.2. The zero-order valence-corrected chi connectivity index (χ0v) is 20.6. The van der Waals surface area contributed by atoms with E-state index in [2.05, 4.69) is 5.32 Å². The molecule has 6 heteroatoms. The lowest BCUT2D eigenvalue weighted by Crippen LogP contribution is -2.52. The van der Waals surface area contributed by atoms with Crippen molar-refractivity contribution in [3.63, 3.8) is 0 Å². The summed E-state index contributed by atoms with van der Waals surface area (Å²) in [6.07, 6.45) is 1.07. The molecule has 0 aliphatic rings. The van der Waals surface area contributed by atoms with Crippen LogP contribution in [-0.2, 0) is 22.6 Å². The van der Waals surface area contributed by atoms with Crippen LogP contribution in [0.5, 0.6) is 5.75 Å². The summed E-state index contributed by atoms with van der Waals surface area (Å²) in [7, 11) is 0. The first kappa shape index (κ1) is 25.9. The maximum atomic E-state index is 14.6. The molecule has 0 saturated heterocycles. The summed E-state index contributed by atoms with van der Waals surface area (Å²) in [6, 6.07) is 20.7. The van der Waals surface area contributed by atoms with E-state index in [1.165, 1.54) is 11.0 Å². The van der Waals surface area contributed by atoms with Crippen LogP contribution in [0.15, 0.2) is 72.8 Å². The van der Waals surface area contributed by atoms with Crippen LogP contribution < -0.4 is 10.1 Å². The Kier molecular flexibility index (Phi) is 9.41. The Labute approximate surface area is 206 Å². The third kappa shape index (κ3) is 7.67. The van der Waals surface area contributed by atoms with E-state index in [0.717, 1.165) is 23.1 Å². The van der Waals surface area contributed by atoms with Crippen molar-refractivity contribution in [1.82, 2.24) is 10.2 Å². The van der Waals surface area contributed by atoms with Crippen molar-refractivity contribution in [3.8, 4) is 5.75 Å². The highest BCUT2D eigenvalue weighted by molar-refractivity contribution is 5.88. The number of carbonyl (C=O) groups is 2. The van der Waals surface area contributed by atoms with Crippen LogP contribution in [0.25, 0.3) is 0 Å². The van der Waals surface area contributed by atoms with Gasteiger partial charge in [0.25, 0.3) is 5.91 Å². The molecule has 184 valence electrons. The highest BCUT2D eigenvalue weighted by Gasteiger charge is 2.31. The molecule has 0 heterocycles. The van der Waals surface area contributed by atoms with E-state index in [0.29, 0.717) is 24.3 Å². The minimum absolute atomic E-state index is 0.0429. The molecular formula is C29H33FN2O3. The van der Waals surface area contributed by atoms with Gasteiger partial charge in [0, 0.05) is 25.1 Å². The van der Waals surface area contributed by atoms with Crippen LogP contribution in [0, 0.1) is 19.7 Å². The highest BCUT2D eigenvalue weighted by Crippen LogP contribution is 2.19. The predicted molar refractivity (Wildman–Crippen MR) is 136 cm³/mol. The molecule has 0 saturated carbocycles. The molecule has 0 bridgehead atoms. The second-order valence-corrected chi connectivity index (χ2v) is 8.72. The number of benzene rings is 3. The number of aryl methyl sites for hydroxylation is 2. The van der Waals surface area contributed by atoms with E-state index in [9.17, 15) is 14.0 Å². The average molecular weight is 477 g/mol. The molecule has 2 amide bonds. The van der Waals surface area contributed by atoms with E-state index in [-0.39, 0.29) is 25.0 Å². The molecule has 3 aromatic carbocycles. The van der Waals surface area contributed by atoms with E-state index in [4.69, 9.17) is 4.74 Å². The lowest BCUT2D eigenvalue weighted by Gasteiger charge is -2.31. The summed E-state index contributed by atoms with van der Waals surface area (Å²) < 4.78 is 20.4. The summed E-state index contributed by atoms with van der Waals surface area (Å²) >= 11 is 0. The van der Waals surface area contributed by atoms with Crippen LogP contribution in [0.2, 0.25) is 0 Å². The van der Waals surface area contributed by atoms with Crippen molar-refractivity contribution in [2.45, 2.75) is 46.2 Å². The van der Waals surface area contributed by atoms with Crippen LogP contribution in [0.1, 0.15) is 35.6 Å². The zero-order chi connectivity index (χ0) is 25.2. The Hall–Kier alpha value is -3.67. The minimum atomic E-state index is -0.820. The zero-order valence-electron chi connectivity index (χ0n) is 20.6. The fraction of sp³-hybridized carbons (Fsp3) is 0.310. The molecule has 3 aromatic rings. The number of rotatable bonds is 11. The molecule has 5 nitrogen and oxygen atoms in total. The molecule has 1 atom stereocenters. The molecule has 0 radical (unpaired) electrons. The summed E-state index contributed by atoms with van der Waals surface area (Å²) in [6.45, 7) is 6.07. The second kappa shape index (κ2) is 12.7. The van der Waals surface area contributed by atoms with Gasteiger partial charge in [0.15, 0.2) is 6.61 Å². The number of amides is 2. The van der Waals surface area contributed by atoms with Gasteiger partial charge in [0.2, 0.25) is 5.91 Å². The van der Waals surface area contributed by atoms with Gasteiger partial charge in [-0.2, -0.15) is 0 Å². The van der Waals surface area contributed by atoms with Gasteiger partial charge in [-0.1, -0.05) is 61.5 Å². The topological polar surface area (TPSA) is 58.6 Å². The number of nitrogens with one attached hydrogen (secondary N) is 1. The molecule has 3 rings (SSSR count). The van der Waals surface area contributed by atoms with Gasteiger partial charge >= 0.3 is 0 Å². The molecule has 35 heavy (non-hydrogen) atoms. The summed E-state index contributed by atoms with van der Waals surface area (Å²) in [5.41, 5.74) is 3.30. The Morgan fingerprint density at radius 2 is 1.63 bits per heavy atom. The van der Waals surface area contributed by atoms with Gasteiger partial charge < -0.3 is 15.0 Å². The van der Waals surface area contributed by atoms with Crippen molar-refractivity contribution in [1.29, 1.82) is 0 Å². The monoisotopic (exact) mass is 476 g/mol. The first-order chi connectivity index (χ1) is 16.9.